The summed E-state index contributed by atoms with van der Waals surface area (Å²) in [7, 11) is 0. The van der Waals surface area contributed by atoms with Crippen LogP contribution in [0.5, 0.6) is 0 Å². The fourth-order valence-corrected chi connectivity index (χ4v) is 3.43. The lowest BCUT2D eigenvalue weighted by molar-refractivity contribution is 0.249. The largest absolute Gasteiger partial charge is 0.384 e. The van der Waals surface area contributed by atoms with E-state index in [9.17, 15) is 4.39 Å². The monoisotopic (exact) mass is 372 g/mol. The van der Waals surface area contributed by atoms with Gasteiger partial charge in [-0.2, -0.15) is 0 Å². The van der Waals surface area contributed by atoms with E-state index in [2.05, 4.69) is 24.8 Å². The highest BCUT2D eigenvalue weighted by Gasteiger charge is 2.21. The van der Waals surface area contributed by atoms with E-state index in [-0.39, 0.29) is 5.82 Å². The van der Waals surface area contributed by atoms with Gasteiger partial charge >= 0.3 is 0 Å². The number of hydrogen-bond acceptors (Lipinski definition) is 6. The molecule has 3 heterocycles. The molecule has 0 aliphatic carbocycles. The first-order chi connectivity index (χ1) is 12.6. The van der Waals surface area contributed by atoms with Crippen molar-refractivity contribution in [1.29, 1.82) is 0 Å². The van der Waals surface area contributed by atoms with Crippen molar-refractivity contribution >= 4 is 34.3 Å². The molecule has 1 fully saturated rings. The van der Waals surface area contributed by atoms with Gasteiger partial charge in [-0.15, -0.1) is 0 Å². The first kappa shape index (κ1) is 16.9. The van der Waals surface area contributed by atoms with Crippen LogP contribution in [0.1, 0.15) is 5.56 Å². The molecule has 0 amide bonds. The van der Waals surface area contributed by atoms with Crippen LogP contribution < -0.4 is 10.6 Å². The predicted octanol–water partition coefficient (Wildman–Crippen LogP) is 2.72. The van der Waals surface area contributed by atoms with Gasteiger partial charge in [0.1, 0.15) is 23.8 Å². The number of nitrogens with zero attached hydrogens (tertiary/aromatic N) is 5. The SMILES string of the molecule is Nc1ccc2c(N3CCN(Cc4ccc(F)cc4Cl)CC3)ncnc2n1. The van der Waals surface area contributed by atoms with Crippen molar-refractivity contribution in [2.24, 2.45) is 0 Å². The van der Waals surface area contributed by atoms with Crippen LogP contribution in [-0.4, -0.2) is 46.0 Å². The fourth-order valence-electron chi connectivity index (χ4n) is 3.20. The molecule has 0 saturated carbocycles. The van der Waals surface area contributed by atoms with Crippen LogP contribution in [0.3, 0.4) is 0 Å². The molecule has 0 unspecified atom stereocenters. The van der Waals surface area contributed by atoms with Crippen LogP contribution in [0.2, 0.25) is 5.02 Å². The summed E-state index contributed by atoms with van der Waals surface area (Å²) in [6.07, 6.45) is 1.52. The average Bonchev–Trinajstić information content (AvgIpc) is 2.64. The number of nitrogens with two attached hydrogens (primary N) is 1. The zero-order valence-corrected chi connectivity index (χ0v) is 14.8. The van der Waals surface area contributed by atoms with Gasteiger partial charge in [-0.05, 0) is 29.8 Å². The zero-order valence-electron chi connectivity index (χ0n) is 14.1. The highest BCUT2D eigenvalue weighted by atomic mass is 35.5. The number of nitrogen functional groups attached to an aromatic ring is 1. The van der Waals surface area contributed by atoms with Gasteiger partial charge in [0.25, 0.3) is 0 Å². The van der Waals surface area contributed by atoms with Gasteiger partial charge in [0.2, 0.25) is 0 Å². The Balaban J connectivity index is 1.47. The molecule has 2 aromatic heterocycles. The number of benzene rings is 1. The summed E-state index contributed by atoms with van der Waals surface area (Å²) < 4.78 is 13.2. The Hall–Kier alpha value is -2.51. The third-order valence-corrected chi connectivity index (χ3v) is 4.93. The van der Waals surface area contributed by atoms with Crippen molar-refractivity contribution in [3.8, 4) is 0 Å². The van der Waals surface area contributed by atoms with Gasteiger partial charge < -0.3 is 10.6 Å². The Morgan fingerprint density at radius 2 is 1.88 bits per heavy atom. The second kappa shape index (κ2) is 7.01. The number of rotatable bonds is 3. The van der Waals surface area contributed by atoms with Gasteiger partial charge in [-0.25, -0.2) is 19.3 Å². The number of piperazine rings is 1. The number of pyridine rings is 1. The van der Waals surface area contributed by atoms with Crippen LogP contribution in [-0.2, 0) is 6.54 Å². The second-order valence-electron chi connectivity index (χ2n) is 6.30. The predicted molar refractivity (Wildman–Crippen MR) is 101 cm³/mol. The van der Waals surface area contributed by atoms with Crippen molar-refractivity contribution in [2.75, 3.05) is 36.8 Å². The minimum Gasteiger partial charge on any atom is -0.384 e. The molecule has 1 aliphatic rings. The van der Waals surface area contributed by atoms with Gasteiger partial charge in [-0.1, -0.05) is 17.7 Å². The molecule has 0 radical (unpaired) electrons. The highest BCUT2D eigenvalue weighted by molar-refractivity contribution is 6.31. The minimum atomic E-state index is -0.312. The highest BCUT2D eigenvalue weighted by Crippen LogP contribution is 2.25. The molecule has 4 rings (SSSR count). The molecule has 6 nitrogen and oxygen atoms in total. The third-order valence-electron chi connectivity index (χ3n) is 4.58. The van der Waals surface area contributed by atoms with Crippen LogP contribution in [0.15, 0.2) is 36.7 Å². The van der Waals surface area contributed by atoms with Crippen molar-refractivity contribution < 1.29 is 4.39 Å². The molecule has 0 bridgehead atoms. The maximum absolute atomic E-state index is 13.2. The van der Waals surface area contributed by atoms with Gasteiger partial charge in [0, 0.05) is 37.7 Å². The second-order valence-corrected chi connectivity index (χ2v) is 6.71. The van der Waals surface area contributed by atoms with Gasteiger partial charge in [0.15, 0.2) is 5.65 Å². The lowest BCUT2D eigenvalue weighted by Gasteiger charge is -2.35. The lowest BCUT2D eigenvalue weighted by Crippen LogP contribution is -2.46. The Kier molecular flexibility index (Phi) is 4.57. The normalized spacial score (nSPS) is 15.5. The smallest absolute Gasteiger partial charge is 0.166 e. The maximum Gasteiger partial charge on any atom is 0.166 e. The Labute approximate surface area is 155 Å². The first-order valence-corrected chi connectivity index (χ1v) is 8.76. The van der Waals surface area contributed by atoms with Crippen molar-refractivity contribution in [3.63, 3.8) is 0 Å². The number of halogens is 2. The summed E-state index contributed by atoms with van der Waals surface area (Å²) in [5.74, 6) is 1.01. The van der Waals surface area contributed by atoms with Gasteiger partial charge in [0.05, 0.1) is 5.39 Å². The van der Waals surface area contributed by atoms with Crippen LogP contribution >= 0.6 is 11.6 Å². The Bertz CT molecular complexity index is 942. The summed E-state index contributed by atoms with van der Waals surface area (Å²) in [6, 6.07) is 8.24. The van der Waals surface area contributed by atoms with Crippen LogP contribution in [0.25, 0.3) is 11.0 Å². The van der Waals surface area contributed by atoms with Crippen molar-refractivity contribution in [1.82, 2.24) is 19.9 Å². The van der Waals surface area contributed by atoms with E-state index >= 15 is 0 Å². The van der Waals surface area contributed by atoms with E-state index in [4.69, 9.17) is 17.3 Å². The van der Waals surface area contributed by atoms with E-state index < -0.39 is 0 Å². The number of anilines is 2. The Morgan fingerprint density at radius 3 is 2.65 bits per heavy atom. The zero-order chi connectivity index (χ0) is 18.1. The van der Waals surface area contributed by atoms with E-state index in [0.29, 0.717) is 23.0 Å². The maximum atomic E-state index is 13.2. The number of fused-ring (bicyclic) bond motifs is 1. The number of hydrogen-bond donors (Lipinski definition) is 1. The molecule has 2 N–H and O–H groups in total. The summed E-state index contributed by atoms with van der Waals surface area (Å²) in [6.45, 7) is 4.09. The molecule has 134 valence electrons. The standard InChI is InChI=1S/C18H18ClFN6/c19-15-9-13(20)2-1-12(15)10-25-5-7-26(8-6-25)18-14-3-4-16(21)24-17(14)22-11-23-18/h1-4,9,11H,5-8,10H2,(H2,21,22,23,24). The molecule has 0 atom stereocenters. The Morgan fingerprint density at radius 1 is 1.08 bits per heavy atom. The number of aromatic nitrogens is 3. The van der Waals surface area contributed by atoms with E-state index in [0.717, 1.165) is 42.9 Å². The lowest BCUT2D eigenvalue weighted by atomic mass is 10.2. The molecule has 1 aliphatic heterocycles. The van der Waals surface area contributed by atoms with E-state index in [1.807, 2.05) is 6.07 Å². The fraction of sp³-hybridized carbons (Fsp3) is 0.278. The summed E-state index contributed by atoms with van der Waals surface area (Å²) in [5, 5.41) is 1.37. The molecule has 26 heavy (non-hydrogen) atoms. The average molecular weight is 373 g/mol. The van der Waals surface area contributed by atoms with Crippen molar-refractivity contribution in [3.05, 3.63) is 53.1 Å². The van der Waals surface area contributed by atoms with E-state index in [1.165, 1.54) is 18.5 Å². The quantitative estimate of drug-likeness (QED) is 0.762. The first-order valence-electron chi connectivity index (χ1n) is 8.38. The molecule has 0 spiro atoms. The molecular weight excluding hydrogens is 355 g/mol. The van der Waals surface area contributed by atoms with Crippen LogP contribution in [0, 0.1) is 5.82 Å². The van der Waals surface area contributed by atoms with Crippen LogP contribution in [0.4, 0.5) is 16.0 Å². The van der Waals surface area contributed by atoms with Crippen molar-refractivity contribution in [2.45, 2.75) is 6.54 Å². The van der Waals surface area contributed by atoms with E-state index in [1.54, 1.807) is 12.1 Å². The summed E-state index contributed by atoms with van der Waals surface area (Å²) in [5.41, 5.74) is 7.28. The van der Waals surface area contributed by atoms with Gasteiger partial charge in [-0.3, -0.25) is 4.90 Å². The molecule has 1 saturated heterocycles. The summed E-state index contributed by atoms with van der Waals surface area (Å²) in [4.78, 5) is 17.4. The molecule has 1 aromatic carbocycles. The molecule has 8 heteroatoms. The topological polar surface area (TPSA) is 71.2 Å². The third kappa shape index (κ3) is 3.40. The minimum absolute atomic E-state index is 0.312. The summed E-state index contributed by atoms with van der Waals surface area (Å²) >= 11 is 6.14. The molecular formula is C18H18ClFN6. The molecule has 3 aromatic rings.